The zero-order valence-electron chi connectivity index (χ0n) is 11.5. The number of likely N-dealkylation sites (tertiary alicyclic amines) is 1. The molecule has 0 aliphatic carbocycles. The molecule has 0 N–H and O–H groups in total. The van der Waals surface area contributed by atoms with E-state index in [4.69, 9.17) is 4.18 Å². The van der Waals surface area contributed by atoms with Gasteiger partial charge in [-0.25, -0.2) is 0 Å². The predicted molar refractivity (Wildman–Crippen MR) is 74.5 cm³/mol. The lowest BCUT2D eigenvalue weighted by molar-refractivity contribution is 0.153. The summed E-state index contributed by atoms with van der Waals surface area (Å²) in [5, 5.41) is 0. The SMILES string of the molecule is Cc1ccc(S(=O)(=O)OC[C@@H]2CCCN(C)C2)cc1. The van der Waals surface area contributed by atoms with Crippen molar-refractivity contribution in [2.75, 3.05) is 26.7 Å². The number of nitrogens with zero attached hydrogens (tertiary/aromatic N) is 1. The minimum atomic E-state index is -3.61. The second-order valence-corrected chi connectivity index (χ2v) is 6.94. The van der Waals surface area contributed by atoms with Gasteiger partial charge in [0, 0.05) is 6.54 Å². The zero-order chi connectivity index (χ0) is 13.9. The van der Waals surface area contributed by atoms with Gasteiger partial charge in [0.05, 0.1) is 11.5 Å². The predicted octanol–water partition coefficient (Wildman–Crippen LogP) is 2.04. The normalized spacial score (nSPS) is 21.5. The van der Waals surface area contributed by atoms with Crippen LogP contribution in [0.5, 0.6) is 0 Å². The first-order chi connectivity index (χ1) is 8.97. The van der Waals surface area contributed by atoms with E-state index in [-0.39, 0.29) is 11.5 Å². The first kappa shape index (κ1) is 14.5. The number of piperidine rings is 1. The van der Waals surface area contributed by atoms with Gasteiger partial charge in [-0.3, -0.25) is 4.18 Å². The van der Waals surface area contributed by atoms with Gasteiger partial charge in [0.15, 0.2) is 0 Å². The summed E-state index contributed by atoms with van der Waals surface area (Å²) in [4.78, 5) is 2.46. The van der Waals surface area contributed by atoms with Gasteiger partial charge in [-0.15, -0.1) is 0 Å². The summed E-state index contributed by atoms with van der Waals surface area (Å²) in [6.45, 7) is 4.19. The second-order valence-electron chi connectivity index (χ2n) is 5.32. The van der Waals surface area contributed by atoms with Gasteiger partial charge in [0.25, 0.3) is 10.1 Å². The fourth-order valence-corrected chi connectivity index (χ4v) is 3.35. The third-order valence-electron chi connectivity index (χ3n) is 3.49. The fraction of sp³-hybridized carbons (Fsp3) is 0.571. The average molecular weight is 283 g/mol. The van der Waals surface area contributed by atoms with Crippen molar-refractivity contribution >= 4 is 10.1 Å². The van der Waals surface area contributed by atoms with Gasteiger partial charge in [0.1, 0.15) is 0 Å². The van der Waals surface area contributed by atoms with Crippen molar-refractivity contribution in [3.63, 3.8) is 0 Å². The van der Waals surface area contributed by atoms with Crippen molar-refractivity contribution in [2.45, 2.75) is 24.7 Å². The van der Waals surface area contributed by atoms with Crippen molar-refractivity contribution in [3.05, 3.63) is 29.8 Å². The van der Waals surface area contributed by atoms with Gasteiger partial charge in [-0.1, -0.05) is 17.7 Å². The molecule has 1 aliphatic heterocycles. The number of hydrogen-bond acceptors (Lipinski definition) is 4. The van der Waals surface area contributed by atoms with E-state index < -0.39 is 10.1 Å². The maximum atomic E-state index is 12.0. The van der Waals surface area contributed by atoms with E-state index in [0.717, 1.165) is 31.5 Å². The highest BCUT2D eigenvalue weighted by Crippen LogP contribution is 2.19. The van der Waals surface area contributed by atoms with E-state index in [1.807, 2.05) is 6.92 Å². The Labute approximate surface area is 115 Å². The van der Waals surface area contributed by atoms with Crippen molar-refractivity contribution in [3.8, 4) is 0 Å². The van der Waals surface area contributed by atoms with Crippen molar-refractivity contribution < 1.29 is 12.6 Å². The summed E-state index contributed by atoms with van der Waals surface area (Å²) in [5.41, 5.74) is 1.04. The van der Waals surface area contributed by atoms with Crippen molar-refractivity contribution in [1.82, 2.24) is 4.90 Å². The molecule has 1 heterocycles. The molecule has 0 aromatic heterocycles. The molecule has 4 nitrogen and oxygen atoms in total. The number of aryl methyl sites for hydroxylation is 1. The second kappa shape index (κ2) is 6.03. The summed E-state index contributed by atoms with van der Waals surface area (Å²) in [6.07, 6.45) is 2.14. The lowest BCUT2D eigenvalue weighted by Crippen LogP contribution is -2.34. The highest BCUT2D eigenvalue weighted by molar-refractivity contribution is 7.86. The van der Waals surface area contributed by atoms with Crippen LogP contribution in [0.2, 0.25) is 0 Å². The Morgan fingerprint density at radius 2 is 2.00 bits per heavy atom. The molecule has 1 fully saturated rings. The van der Waals surface area contributed by atoms with Crippen LogP contribution in [0.1, 0.15) is 18.4 Å². The Hall–Kier alpha value is -0.910. The molecule has 0 radical (unpaired) electrons. The van der Waals surface area contributed by atoms with E-state index in [2.05, 4.69) is 11.9 Å². The third kappa shape index (κ3) is 4.03. The molecular weight excluding hydrogens is 262 g/mol. The monoisotopic (exact) mass is 283 g/mol. The first-order valence-electron chi connectivity index (χ1n) is 6.62. The van der Waals surface area contributed by atoms with Crippen LogP contribution >= 0.6 is 0 Å². The molecule has 1 aromatic carbocycles. The summed E-state index contributed by atoms with van der Waals surface area (Å²) in [7, 11) is -1.56. The molecule has 0 amide bonds. The summed E-state index contributed by atoms with van der Waals surface area (Å²) in [5.74, 6) is 0.305. The van der Waals surface area contributed by atoms with Crippen LogP contribution in [0.15, 0.2) is 29.2 Å². The quantitative estimate of drug-likeness (QED) is 0.793. The lowest BCUT2D eigenvalue weighted by Gasteiger charge is -2.29. The van der Waals surface area contributed by atoms with Crippen LogP contribution in [0, 0.1) is 12.8 Å². The molecule has 106 valence electrons. The van der Waals surface area contributed by atoms with Crippen LogP contribution in [0.25, 0.3) is 0 Å². The highest BCUT2D eigenvalue weighted by Gasteiger charge is 2.21. The Bertz CT molecular complexity index is 510. The topological polar surface area (TPSA) is 46.6 Å². The standard InChI is InChI=1S/C14H21NO3S/c1-12-5-7-14(8-6-12)19(16,17)18-11-13-4-3-9-15(2)10-13/h5-8,13H,3-4,9-11H2,1-2H3/t13-/m1/s1. The highest BCUT2D eigenvalue weighted by atomic mass is 32.2. The minimum Gasteiger partial charge on any atom is -0.306 e. The molecule has 1 saturated heterocycles. The summed E-state index contributed by atoms with van der Waals surface area (Å²) < 4.78 is 29.3. The maximum Gasteiger partial charge on any atom is 0.296 e. The number of benzene rings is 1. The maximum absolute atomic E-state index is 12.0. The minimum absolute atomic E-state index is 0.238. The molecule has 0 saturated carbocycles. The van der Waals surface area contributed by atoms with E-state index in [9.17, 15) is 8.42 Å². The molecule has 0 spiro atoms. The Kier molecular flexibility index (Phi) is 4.60. The van der Waals surface area contributed by atoms with Gasteiger partial charge in [0.2, 0.25) is 0 Å². The van der Waals surface area contributed by atoms with Gasteiger partial charge in [-0.2, -0.15) is 8.42 Å². The summed E-state index contributed by atoms with van der Waals surface area (Å²) in [6, 6.07) is 6.75. The molecule has 1 atom stereocenters. The van der Waals surface area contributed by atoms with Gasteiger partial charge in [-0.05, 0) is 51.4 Å². The third-order valence-corrected chi connectivity index (χ3v) is 4.79. The molecule has 19 heavy (non-hydrogen) atoms. The van der Waals surface area contributed by atoms with Gasteiger partial charge < -0.3 is 4.90 Å². The van der Waals surface area contributed by atoms with Crippen LogP contribution < -0.4 is 0 Å². The molecule has 2 rings (SSSR count). The molecule has 1 aliphatic rings. The molecule has 5 heteroatoms. The van der Waals surface area contributed by atoms with Crippen molar-refractivity contribution in [1.29, 1.82) is 0 Å². The number of hydrogen-bond donors (Lipinski definition) is 0. The molecule has 1 aromatic rings. The van der Waals surface area contributed by atoms with Crippen LogP contribution in [0.3, 0.4) is 0 Å². The van der Waals surface area contributed by atoms with Crippen LogP contribution in [-0.2, 0) is 14.3 Å². The Balaban J connectivity index is 1.96. The van der Waals surface area contributed by atoms with E-state index >= 15 is 0 Å². The van der Waals surface area contributed by atoms with E-state index in [1.54, 1.807) is 24.3 Å². The van der Waals surface area contributed by atoms with E-state index in [0.29, 0.717) is 5.92 Å². The zero-order valence-corrected chi connectivity index (χ0v) is 12.3. The molecular formula is C14H21NO3S. The number of rotatable bonds is 4. The molecule has 0 bridgehead atoms. The van der Waals surface area contributed by atoms with Crippen LogP contribution in [0.4, 0.5) is 0 Å². The van der Waals surface area contributed by atoms with Gasteiger partial charge >= 0.3 is 0 Å². The first-order valence-corrected chi connectivity index (χ1v) is 8.03. The van der Waals surface area contributed by atoms with Crippen molar-refractivity contribution in [2.24, 2.45) is 5.92 Å². The summed E-state index contributed by atoms with van der Waals surface area (Å²) >= 11 is 0. The Morgan fingerprint density at radius 1 is 1.32 bits per heavy atom. The molecule has 0 unspecified atom stereocenters. The fourth-order valence-electron chi connectivity index (χ4n) is 2.37. The van der Waals surface area contributed by atoms with Crippen LogP contribution in [-0.4, -0.2) is 40.1 Å². The lowest BCUT2D eigenvalue weighted by atomic mass is 10.00. The average Bonchev–Trinajstić information content (AvgIpc) is 2.37. The van der Waals surface area contributed by atoms with E-state index in [1.165, 1.54) is 0 Å². The smallest absolute Gasteiger partial charge is 0.296 e. The largest absolute Gasteiger partial charge is 0.306 e. The Morgan fingerprint density at radius 3 is 2.63 bits per heavy atom.